The Balaban J connectivity index is 2.26. The second-order valence-electron chi connectivity index (χ2n) is 4.63. The predicted octanol–water partition coefficient (Wildman–Crippen LogP) is 2.33. The van der Waals surface area contributed by atoms with E-state index < -0.39 is 10.0 Å². The lowest BCUT2D eigenvalue weighted by molar-refractivity contribution is 0.451. The first-order valence-electron chi connectivity index (χ1n) is 6.05. The molecule has 1 heterocycles. The molecule has 1 saturated heterocycles. The van der Waals surface area contributed by atoms with Crippen molar-refractivity contribution < 1.29 is 8.42 Å². The minimum Gasteiger partial charge on any atom is -0.319 e. The maximum Gasteiger partial charge on any atom is 0.244 e. The van der Waals surface area contributed by atoms with Gasteiger partial charge in [-0.05, 0) is 54.0 Å². The molecule has 1 N–H and O–H groups in total. The first-order valence-corrected chi connectivity index (χ1v) is 8.66. The van der Waals surface area contributed by atoms with Crippen molar-refractivity contribution in [2.24, 2.45) is 5.92 Å². The first kappa shape index (κ1) is 15.3. The molecule has 0 radical (unpaired) electrons. The SMILES string of the molecule is CNCC1CCN(S(=O)(=O)c2cccc(Br)c2Cl)C1. The van der Waals surface area contributed by atoms with Crippen LogP contribution in [0.15, 0.2) is 27.6 Å². The molecule has 4 nitrogen and oxygen atoms in total. The van der Waals surface area contributed by atoms with Crippen LogP contribution in [0.5, 0.6) is 0 Å². The summed E-state index contributed by atoms with van der Waals surface area (Å²) in [6, 6.07) is 4.97. The van der Waals surface area contributed by atoms with E-state index in [0.29, 0.717) is 23.5 Å². The van der Waals surface area contributed by atoms with E-state index in [1.54, 1.807) is 18.2 Å². The van der Waals surface area contributed by atoms with Crippen LogP contribution in [0.3, 0.4) is 0 Å². The topological polar surface area (TPSA) is 49.4 Å². The normalized spacial score (nSPS) is 20.9. The van der Waals surface area contributed by atoms with Crippen LogP contribution in [0.2, 0.25) is 5.02 Å². The molecular weight excluding hydrogens is 352 g/mol. The van der Waals surface area contributed by atoms with Gasteiger partial charge in [-0.15, -0.1) is 0 Å². The molecule has 0 saturated carbocycles. The molecule has 19 heavy (non-hydrogen) atoms. The molecule has 0 bridgehead atoms. The molecule has 1 unspecified atom stereocenters. The number of nitrogens with one attached hydrogen (secondary N) is 1. The zero-order valence-electron chi connectivity index (χ0n) is 10.6. The molecule has 7 heteroatoms. The van der Waals surface area contributed by atoms with E-state index in [1.807, 2.05) is 7.05 Å². The molecule has 1 aromatic rings. The molecular formula is C12H16BrClN2O2S. The van der Waals surface area contributed by atoms with Crippen molar-refractivity contribution in [1.29, 1.82) is 0 Å². The van der Waals surface area contributed by atoms with Gasteiger partial charge in [0.1, 0.15) is 4.90 Å². The van der Waals surface area contributed by atoms with Gasteiger partial charge in [-0.3, -0.25) is 0 Å². The Kier molecular flexibility index (Phi) is 4.89. The molecule has 1 fully saturated rings. The molecule has 2 rings (SSSR count). The molecule has 106 valence electrons. The van der Waals surface area contributed by atoms with E-state index in [-0.39, 0.29) is 9.92 Å². The fourth-order valence-electron chi connectivity index (χ4n) is 2.29. The molecule has 1 aliphatic rings. The zero-order chi connectivity index (χ0) is 14.0. The highest BCUT2D eigenvalue weighted by Crippen LogP contribution is 2.33. The summed E-state index contributed by atoms with van der Waals surface area (Å²) < 4.78 is 27.2. The lowest BCUT2D eigenvalue weighted by Crippen LogP contribution is -2.30. The van der Waals surface area contributed by atoms with E-state index in [1.165, 1.54) is 4.31 Å². The average molecular weight is 368 g/mol. The van der Waals surface area contributed by atoms with Crippen LogP contribution in [-0.4, -0.2) is 39.4 Å². The van der Waals surface area contributed by atoms with Gasteiger partial charge in [-0.2, -0.15) is 4.31 Å². The van der Waals surface area contributed by atoms with Crippen LogP contribution in [-0.2, 0) is 10.0 Å². The van der Waals surface area contributed by atoms with Gasteiger partial charge >= 0.3 is 0 Å². The Morgan fingerprint density at radius 2 is 2.26 bits per heavy atom. The Morgan fingerprint density at radius 1 is 1.53 bits per heavy atom. The molecule has 0 aromatic heterocycles. The van der Waals surface area contributed by atoms with Crippen molar-refractivity contribution in [1.82, 2.24) is 9.62 Å². The lowest BCUT2D eigenvalue weighted by atomic mass is 10.1. The summed E-state index contributed by atoms with van der Waals surface area (Å²) >= 11 is 9.35. The third-order valence-corrected chi connectivity index (χ3v) is 6.59. The summed E-state index contributed by atoms with van der Waals surface area (Å²) in [6.07, 6.45) is 0.881. The predicted molar refractivity (Wildman–Crippen MR) is 79.9 cm³/mol. The number of halogens is 2. The van der Waals surface area contributed by atoms with Crippen molar-refractivity contribution in [2.75, 3.05) is 26.7 Å². The van der Waals surface area contributed by atoms with Crippen molar-refractivity contribution in [2.45, 2.75) is 11.3 Å². The highest BCUT2D eigenvalue weighted by molar-refractivity contribution is 9.10. The maximum absolute atomic E-state index is 12.6. The highest BCUT2D eigenvalue weighted by Gasteiger charge is 2.33. The Bertz CT molecular complexity index is 565. The number of rotatable bonds is 4. The largest absolute Gasteiger partial charge is 0.319 e. The zero-order valence-corrected chi connectivity index (χ0v) is 13.7. The maximum atomic E-state index is 12.6. The molecule has 0 spiro atoms. The second kappa shape index (κ2) is 6.10. The summed E-state index contributed by atoms with van der Waals surface area (Å²) in [4.78, 5) is 0.175. The van der Waals surface area contributed by atoms with E-state index in [0.717, 1.165) is 13.0 Å². The number of hydrogen-bond acceptors (Lipinski definition) is 3. The van der Waals surface area contributed by atoms with Crippen molar-refractivity contribution in [3.8, 4) is 0 Å². The Morgan fingerprint density at radius 3 is 2.95 bits per heavy atom. The molecule has 1 atom stereocenters. The molecule has 0 aliphatic carbocycles. The van der Waals surface area contributed by atoms with Gasteiger partial charge in [0.25, 0.3) is 0 Å². The molecule has 1 aromatic carbocycles. The van der Waals surface area contributed by atoms with Crippen LogP contribution in [0.1, 0.15) is 6.42 Å². The van der Waals surface area contributed by atoms with E-state index in [4.69, 9.17) is 11.6 Å². The minimum atomic E-state index is -3.50. The van der Waals surface area contributed by atoms with Gasteiger partial charge in [0.15, 0.2) is 0 Å². The Labute approximate surface area is 127 Å². The standard InChI is InChI=1S/C12H16BrClN2O2S/c1-15-7-9-5-6-16(8-9)19(17,18)11-4-2-3-10(13)12(11)14/h2-4,9,15H,5-8H2,1H3. The van der Waals surface area contributed by atoms with Crippen LogP contribution in [0.4, 0.5) is 0 Å². The second-order valence-corrected chi connectivity index (χ2v) is 7.77. The van der Waals surface area contributed by atoms with Gasteiger partial charge in [0, 0.05) is 17.6 Å². The van der Waals surface area contributed by atoms with E-state index in [2.05, 4.69) is 21.2 Å². The smallest absolute Gasteiger partial charge is 0.244 e. The van der Waals surface area contributed by atoms with Crippen LogP contribution in [0.25, 0.3) is 0 Å². The molecule has 1 aliphatic heterocycles. The van der Waals surface area contributed by atoms with Crippen molar-refractivity contribution in [3.63, 3.8) is 0 Å². The fraction of sp³-hybridized carbons (Fsp3) is 0.500. The van der Waals surface area contributed by atoms with Crippen molar-refractivity contribution >= 4 is 37.6 Å². The van der Waals surface area contributed by atoms with Gasteiger partial charge in [-0.25, -0.2) is 8.42 Å². The number of hydrogen-bond donors (Lipinski definition) is 1. The Hall–Kier alpha value is -0.140. The van der Waals surface area contributed by atoms with Crippen LogP contribution in [0, 0.1) is 5.92 Å². The quantitative estimate of drug-likeness (QED) is 0.888. The van der Waals surface area contributed by atoms with Gasteiger partial charge in [0.05, 0.1) is 5.02 Å². The van der Waals surface area contributed by atoms with Crippen molar-refractivity contribution in [3.05, 3.63) is 27.7 Å². The number of benzene rings is 1. The molecule has 0 amide bonds. The third kappa shape index (κ3) is 3.13. The summed E-state index contributed by atoms with van der Waals surface area (Å²) in [5, 5.41) is 3.34. The van der Waals surface area contributed by atoms with E-state index >= 15 is 0 Å². The first-order chi connectivity index (χ1) is 8.96. The summed E-state index contributed by atoms with van der Waals surface area (Å²) in [7, 11) is -1.62. The van der Waals surface area contributed by atoms with Gasteiger partial charge < -0.3 is 5.32 Å². The lowest BCUT2D eigenvalue weighted by Gasteiger charge is -2.17. The number of sulfonamides is 1. The summed E-state index contributed by atoms with van der Waals surface area (Å²) in [6.45, 7) is 1.93. The average Bonchev–Trinajstić information content (AvgIpc) is 2.82. The summed E-state index contributed by atoms with van der Waals surface area (Å²) in [5.74, 6) is 0.366. The van der Waals surface area contributed by atoms with Crippen LogP contribution < -0.4 is 5.32 Å². The minimum absolute atomic E-state index is 0.175. The fourth-order valence-corrected chi connectivity index (χ4v) is 4.83. The summed E-state index contributed by atoms with van der Waals surface area (Å²) in [5.41, 5.74) is 0. The van der Waals surface area contributed by atoms with Crippen LogP contribution >= 0.6 is 27.5 Å². The van der Waals surface area contributed by atoms with Gasteiger partial charge in [0.2, 0.25) is 10.0 Å². The highest BCUT2D eigenvalue weighted by atomic mass is 79.9. The monoisotopic (exact) mass is 366 g/mol. The number of nitrogens with zero attached hydrogens (tertiary/aromatic N) is 1. The van der Waals surface area contributed by atoms with Gasteiger partial charge in [-0.1, -0.05) is 17.7 Å². The third-order valence-electron chi connectivity index (χ3n) is 3.28. The van der Waals surface area contributed by atoms with E-state index in [9.17, 15) is 8.42 Å².